The van der Waals surface area contributed by atoms with E-state index in [9.17, 15) is 9.59 Å². The lowest BCUT2D eigenvalue weighted by Gasteiger charge is -2.13. The molecule has 4 aromatic carbocycles. The van der Waals surface area contributed by atoms with Gasteiger partial charge >= 0.3 is 0 Å². The number of hydrogen-bond acceptors (Lipinski definition) is 8. The maximum atomic E-state index is 13.1. The van der Waals surface area contributed by atoms with Gasteiger partial charge in [-0.2, -0.15) is 0 Å². The summed E-state index contributed by atoms with van der Waals surface area (Å²) in [6.07, 6.45) is 0.298. The number of aryl methyl sites for hydroxylation is 6. The number of amides is 2. The molecule has 0 bridgehead atoms. The lowest BCUT2D eigenvalue weighted by molar-refractivity contribution is -0.114. The van der Waals surface area contributed by atoms with E-state index in [0.717, 1.165) is 56.1 Å². The monoisotopic (exact) mass is 716 g/mol. The van der Waals surface area contributed by atoms with Gasteiger partial charge in [-0.1, -0.05) is 83.2 Å². The Labute approximate surface area is 306 Å². The van der Waals surface area contributed by atoms with Crippen molar-refractivity contribution < 1.29 is 9.59 Å². The van der Waals surface area contributed by atoms with Gasteiger partial charge < -0.3 is 10.6 Å². The molecule has 51 heavy (non-hydrogen) atoms. The maximum Gasteiger partial charge on any atom is 0.234 e. The minimum absolute atomic E-state index is 0.130. The predicted octanol–water partition coefficient (Wildman–Crippen LogP) is 7.75. The summed E-state index contributed by atoms with van der Waals surface area (Å²) < 4.78 is 3.95. The van der Waals surface area contributed by atoms with Crippen LogP contribution >= 0.6 is 23.5 Å². The molecule has 0 saturated carbocycles. The lowest BCUT2D eigenvalue weighted by Crippen LogP contribution is -2.16. The first kappa shape index (κ1) is 35.6. The molecule has 6 aromatic rings. The van der Waals surface area contributed by atoms with E-state index >= 15 is 0 Å². The molecule has 0 aliphatic carbocycles. The molecule has 0 fully saturated rings. The number of nitrogens with one attached hydrogen (secondary N) is 2. The van der Waals surface area contributed by atoms with E-state index < -0.39 is 0 Å². The van der Waals surface area contributed by atoms with Gasteiger partial charge in [-0.25, -0.2) is 0 Å². The van der Waals surface area contributed by atoms with Crippen molar-refractivity contribution in [2.45, 2.75) is 58.3 Å². The third kappa shape index (κ3) is 8.76. The van der Waals surface area contributed by atoms with Crippen LogP contribution < -0.4 is 10.6 Å². The van der Waals surface area contributed by atoms with E-state index in [4.69, 9.17) is 0 Å². The molecule has 0 spiro atoms. The van der Waals surface area contributed by atoms with Crippen molar-refractivity contribution in [3.63, 3.8) is 0 Å². The molecule has 260 valence electrons. The van der Waals surface area contributed by atoms with Crippen molar-refractivity contribution >= 4 is 46.7 Å². The Bertz CT molecular complexity index is 2070. The molecule has 6 rings (SSSR count). The smallest absolute Gasteiger partial charge is 0.234 e. The van der Waals surface area contributed by atoms with Crippen LogP contribution in [-0.2, 0) is 16.0 Å². The Morgan fingerprint density at radius 2 is 0.961 bits per heavy atom. The highest BCUT2D eigenvalue weighted by atomic mass is 32.2. The molecule has 12 heteroatoms. The molecule has 0 radical (unpaired) electrons. The second-order valence-electron chi connectivity index (χ2n) is 12.6. The number of carbonyl (C=O) groups excluding carboxylic acids is 2. The standard InChI is InChI=1S/C39H40N8O2S2/c1-24-9-7-11-30(19-24)46-34(42-44-38(46)50-22-36(48)40-32-15-13-26(3)17-28(32)5)21-35-43-45-39(47(35)31-12-8-10-25(2)20-31)51-23-37(49)41-33-16-14-27(4)18-29(33)6/h7-20H,21-23H2,1-6H3,(H,40,48)(H,41,49). The summed E-state index contributed by atoms with van der Waals surface area (Å²) in [5, 5.41) is 25.5. The molecule has 0 unspecified atom stereocenters. The van der Waals surface area contributed by atoms with Gasteiger partial charge in [-0.3, -0.25) is 18.7 Å². The van der Waals surface area contributed by atoms with Crippen LogP contribution in [-0.4, -0.2) is 52.8 Å². The van der Waals surface area contributed by atoms with Gasteiger partial charge in [-0.05, 0) is 100 Å². The van der Waals surface area contributed by atoms with E-state index in [2.05, 4.69) is 43.2 Å². The van der Waals surface area contributed by atoms with Gasteiger partial charge in [0.25, 0.3) is 0 Å². The largest absolute Gasteiger partial charge is 0.325 e. The highest BCUT2D eigenvalue weighted by Crippen LogP contribution is 2.28. The van der Waals surface area contributed by atoms with E-state index in [1.165, 1.54) is 23.5 Å². The zero-order valence-corrected chi connectivity index (χ0v) is 31.2. The first-order chi connectivity index (χ1) is 24.5. The molecule has 2 heterocycles. The van der Waals surface area contributed by atoms with Gasteiger partial charge in [-0.15, -0.1) is 20.4 Å². The number of nitrogens with zero attached hydrogens (tertiary/aromatic N) is 6. The number of hydrogen-bond donors (Lipinski definition) is 2. The zero-order valence-electron chi connectivity index (χ0n) is 29.5. The lowest BCUT2D eigenvalue weighted by atomic mass is 10.1. The van der Waals surface area contributed by atoms with Gasteiger partial charge in [0.2, 0.25) is 11.8 Å². The van der Waals surface area contributed by atoms with Crippen LogP contribution in [0.4, 0.5) is 11.4 Å². The fourth-order valence-corrected chi connectivity index (χ4v) is 7.29. The summed E-state index contributed by atoms with van der Waals surface area (Å²) in [5.41, 5.74) is 9.80. The van der Waals surface area contributed by atoms with Crippen LogP contribution in [0.1, 0.15) is 45.0 Å². The minimum atomic E-state index is -0.130. The van der Waals surface area contributed by atoms with Crippen LogP contribution in [0.25, 0.3) is 11.4 Å². The van der Waals surface area contributed by atoms with Crippen LogP contribution in [0, 0.1) is 41.5 Å². The van der Waals surface area contributed by atoms with E-state index in [0.29, 0.717) is 28.4 Å². The fourth-order valence-electron chi connectivity index (χ4n) is 5.75. The number of benzene rings is 4. The van der Waals surface area contributed by atoms with Crippen molar-refractivity contribution in [3.8, 4) is 11.4 Å². The molecular weight excluding hydrogens is 677 g/mol. The number of carbonyl (C=O) groups is 2. The number of thioether (sulfide) groups is 2. The summed E-state index contributed by atoms with van der Waals surface area (Å²) in [6, 6.07) is 28.1. The fraction of sp³-hybridized carbons (Fsp3) is 0.231. The molecule has 0 aliphatic heterocycles. The summed E-state index contributed by atoms with van der Waals surface area (Å²) in [5.74, 6) is 1.33. The van der Waals surface area contributed by atoms with Crippen LogP contribution in [0.15, 0.2) is 95.2 Å². The quantitative estimate of drug-likeness (QED) is 0.124. The Kier molecular flexibility index (Phi) is 11.0. The SMILES string of the molecule is Cc1cccc(-n2c(Cc3nnc(SCC(=O)Nc4ccc(C)cc4C)n3-c3cccc(C)c3)nnc2SCC(=O)Nc2ccc(C)cc2C)c1. The highest BCUT2D eigenvalue weighted by molar-refractivity contribution is 8.00. The first-order valence-electron chi connectivity index (χ1n) is 16.6. The van der Waals surface area contributed by atoms with E-state index in [1.807, 2.05) is 123 Å². The summed E-state index contributed by atoms with van der Waals surface area (Å²) in [6.45, 7) is 12.1. The first-order valence-corrected chi connectivity index (χ1v) is 18.5. The van der Waals surface area contributed by atoms with Crippen molar-refractivity contribution in [1.29, 1.82) is 0 Å². The number of aromatic nitrogens is 6. The second kappa shape index (κ2) is 15.8. The molecule has 0 saturated heterocycles. The molecule has 10 nitrogen and oxygen atoms in total. The predicted molar refractivity (Wildman–Crippen MR) is 206 cm³/mol. The third-order valence-corrected chi connectivity index (χ3v) is 10.1. The van der Waals surface area contributed by atoms with E-state index in [-0.39, 0.29) is 23.3 Å². The Morgan fingerprint density at radius 1 is 0.549 bits per heavy atom. The van der Waals surface area contributed by atoms with Crippen LogP contribution in [0.3, 0.4) is 0 Å². The summed E-state index contributed by atoms with van der Waals surface area (Å²) in [7, 11) is 0. The second-order valence-corrected chi connectivity index (χ2v) is 14.5. The van der Waals surface area contributed by atoms with Gasteiger partial charge in [0.05, 0.1) is 17.9 Å². The maximum absolute atomic E-state index is 13.1. The summed E-state index contributed by atoms with van der Waals surface area (Å²) in [4.78, 5) is 26.1. The summed E-state index contributed by atoms with van der Waals surface area (Å²) >= 11 is 2.65. The molecular formula is C39H40N8O2S2. The number of rotatable bonds is 12. The Balaban J connectivity index is 1.27. The third-order valence-electron chi connectivity index (χ3n) is 8.21. The number of anilines is 2. The Morgan fingerprint density at radius 3 is 1.35 bits per heavy atom. The van der Waals surface area contributed by atoms with Crippen LogP contribution in [0.5, 0.6) is 0 Å². The van der Waals surface area contributed by atoms with E-state index in [1.54, 1.807) is 0 Å². The normalized spacial score (nSPS) is 11.1. The molecule has 0 atom stereocenters. The molecule has 2 N–H and O–H groups in total. The average molecular weight is 717 g/mol. The van der Waals surface area contributed by atoms with Crippen molar-refractivity contribution in [1.82, 2.24) is 29.5 Å². The van der Waals surface area contributed by atoms with Crippen molar-refractivity contribution in [3.05, 3.63) is 130 Å². The zero-order chi connectivity index (χ0) is 36.1. The van der Waals surface area contributed by atoms with Crippen molar-refractivity contribution in [2.75, 3.05) is 22.1 Å². The minimum Gasteiger partial charge on any atom is -0.325 e. The highest BCUT2D eigenvalue weighted by Gasteiger charge is 2.22. The Hall–Kier alpha value is -5.20. The topological polar surface area (TPSA) is 120 Å². The van der Waals surface area contributed by atoms with Crippen molar-refractivity contribution in [2.24, 2.45) is 0 Å². The van der Waals surface area contributed by atoms with Gasteiger partial charge in [0, 0.05) is 22.7 Å². The van der Waals surface area contributed by atoms with Gasteiger partial charge in [0.15, 0.2) is 10.3 Å². The molecule has 2 aromatic heterocycles. The van der Waals surface area contributed by atoms with Gasteiger partial charge in [0.1, 0.15) is 11.6 Å². The molecule has 0 aliphatic rings. The average Bonchev–Trinajstić information content (AvgIpc) is 3.69. The molecule has 2 amide bonds. The van der Waals surface area contributed by atoms with Crippen LogP contribution in [0.2, 0.25) is 0 Å².